The maximum atomic E-state index is 13.7. The van der Waals surface area contributed by atoms with E-state index in [0.717, 1.165) is 10.4 Å². The van der Waals surface area contributed by atoms with Crippen LogP contribution < -0.4 is 0 Å². The fourth-order valence-electron chi connectivity index (χ4n) is 3.99. The van der Waals surface area contributed by atoms with E-state index >= 15 is 0 Å². The molecule has 0 bridgehead atoms. The second-order valence-corrected chi connectivity index (χ2v) is 14.9. The summed E-state index contributed by atoms with van der Waals surface area (Å²) in [6.07, 6.45) is 0.194. The minimum Gasteiger partial charge on any atom is -0.505 e. The molecule has 41 heavy (non-hydrogen) atoms. The average Bonchev–Trinajstić information content (AvgIpc) is 2.90. The third-order valence-electron chi connectivity index (χ3n) is 6.12. The molecule has 4 aromatic carbocycles. The van der Waals surface area contributed by atoms with Crippen molar-refractivity contribution in [2.24, 2.45) is 0 Å². The van der Waals surface area contributed by atoms with Gasteiger partial charge in [-0.1, -0.05) is 82.8 Å². The second kappa shape index (κ2) is 12.9. The van der Waals surface area contributed by atoms with Crippen LogP contribution in [0, 0.1) is 5.82 Å². The van der Waals surface area contributed by atoms with Gasteiger partial charge in [-0.25, -0.2) is 21.2 Å². The van der Waals surface area contributed by atoms with Crippen LogP contribution in [-0.2, 0) is 39.4 Å². The maximum Gasteiger partial charge on any atom is 0.247 e. The first-order valence-electron chi connectivity index (χ1n) is 11.9. The normalized spacial score (nSPS) is 12.1. The van der Waals surface area contributed by atoms with E-state index in [1.165, 1.54) is 48.5 Å². The van der Waals surface area contributed by atoms with Gasteiger partial charge in [0.05, 0.1) is 15.7 Å². The van der Waals surface area contributed by atoms with Crippen molar-refractivity contribution in [1.82, 2.24) is 4.31 Å². The molecule has 0 saturated carbocycles. The number of sulfone groups is 1. The summed E-state index contributed by atoms with van der Waals surface area (Å²) in [5.41, 5.74) is 1.79. The predicted octanol–water partition coefficient (Wildman–Crippen LogP) is 7.55. The standard InChI is InChI=1S/C28H22Cl4FNO5S2/c29-21-11-22(30)13-25(12-21)40(36,37)10-9-18-1-3-19(4-2-18)16-34(17-20-5-7-24(33)8-6-20)41(38,39)27-15-23(31)14-26(32)28(27)35/h1-8,11-15,35H,9-10,16-17H2. The Morgan fingerprint density at radius 1 is 0.683 bits per heavy atom. The Balaban J connectivity index is 1.57. The van der Waals surface area contributed by atoms with Crippen molar-refractivity contribution in [3.05, 3.63) is 121 Å². The zero-order valence-corrected chi connectivity index (χ0v) is 25.7. The maximum absolute atomic E-state index is 13.7. The molecule has 0 radical (unpaired) electrons. The first kappa shape index (κ1) is 31.6. The number of hydrogen-bond donors (Lipinski definition) is 1. The first-order valence-corrected chi connectivity index (χ1v) is 16.5. The quantitative estimate of drug-likeness (QED) is 0.187. The van der Waals surface area contributed by atoms with Crippen molar-refractivity contribution in [3.63, 3.8) is 0 Å². The van der Waals surface area contributed by atoms with E-state index in [2.05, 4.69) is 0 Å². The van der Waals surface area contributed by atoms with E-state index in [-0.39, 0.29) is 50.2 Å². The molecule has 6 nitrogen and oxygen atoms in total. The van der Waals surface area contributed by atoms with E-state index in [9.17, 15) is 26.3 Å². The Kier molecular flexibility index (Phi) is 9.91. The molecule has 0 heterocycles. The Labute approximate surface area is 257 Å². The predicted molar refractivity (Wildman–Crippen MR) is 160 cm³/mol. The van der Waals surface area contributed by atoms with Crippen molar-refractivity contribution in [2.45, 2.75) is 29.3 Å². The van der Waals surface area contributed by atoms with E-state index in [4.69, 9.17) is 46.4 Å². The molecular formula is C28H22Cl4FNO5S2. The molecule has 216 valence electrons. The molecule has 0 aliphatic heterocycles. The molecule has 4 rings (SSSR count). The smallest absolute Gasteiger partial charge is 0.247 e. The number of phenols is 1. The lowest BCUT2D eigenvalue weighted by Gasteiger charge is -2.23. The number of aromatic hydroxyl groups is 1. The molecule has 0 atom stereocenters. The molecule has 0 unspecified atom stereocenters. The van der Waals surface area contributed by atoms with E-state index in [0.29, 0.717) is 16.7 Å². The largest absolute Gasteiger partial charge is 0.505 e. The summed E-state index contributed by atoms with van der Waals surface area (Å²) < 4.78 is 67.5. The summed E-state index contributed by atoms with van der Waals surface area (Å²) >= 11 is 23.9. The van der Waals surface area contributed by atoms with Gasteiger partial charge in [0.25, 0.3) is 0 Å². The van der Waals surface area contributed by atoms with Gasteiger partial charge in [-0.15, -0.1) is 0 Å². The van der Waals surface area contributed by atoms with Crippen LogP contribution in [0.15, 0.2) is 88.7 Å². The van der Waals surface area contributed by atoms with Crippen molar-refractivity contribution >= 4 is 66.3 Å². The highest BCUT2D eigenvalue weighted by molar-refractivity contribution is 7.91. The van der Waals surface area contributed by atoms with E-state index in [1.807, 2.05) is 0 Å². The van der Waals surface area contributed by atoms with Crippen molar-refractivity contribution < 1.29 is 26.3 Å². The molecule has 1 N–H and O–H groups in total. The highest BCUT2D eigenvalue weighted by atomic mass is 35.5. The van der Waals surface area contributed by atoms with Crippen LogP contribution in [0.25, 0.3) is 0 Å². The summed E-state index contributed by atoms with van der Waals surface area (Å²) in [5.74, 6) is -1.31. The van der Waals surface area contributed by atoms with Gasteiger partial charge in [-0.3, -0.25) is 0 Å². The minimum absolute atomic E-state index is 0.0208. The van der Waals surface area contributed by atoms with Gasteiger partial charge < -0.3 is 5.11 Å². The number of nitrogens with zero attached hydrogens (tertiary/aromatic N) is 1. The highest BCUT2D eigenvalue weighted by Gasteiger charge is 2.29. The van der Waals surface area contributed by atoms with Crippen LogP contribution in [0.3, 0.4) is 0 Å². The van der Waals surface area contributed by atoms with Gasteiger partial charge in [0, 0.05) is 28.2 Å². The summed E-state index contributed by atoms with van der Waals surface area (Å²) in [6.45, 7) is -0.267. The fourth-order valence-corrected chi connectivity index (χ4v) is 8.16. The topological polar surface area (TPSA) is 91.8 Å². The average molecular weight is 677 g/mol. The number of hydrogen-bond acceptors (Lipinski definition) is 5. The third-order valence-corrected chi connectivity index (χ3v) is 10.6. The van der Waals surface area contributed by atoms with Crippen LogP contribution in [0.1, 0.15) is 16.7 Å². The Hall–Kier alpha value is -2.37. The molecule has 0 aromatic heterocycles. The van der Waals surface area contributed by atoms with Crippen molar-refractivity contribution in [3.8, 4) is 5.75 Å². The van der Waals surface area contributed by atoms with E-state index in [1.54, 1.807) is 24.3 Å². The zero-order valence-electron chi connectivity index (χ0n) is 21.1. The summed E-state index contributed by atoms with van der Waals surface area (Å²) in [7, 11) is -8.00. The van der Waals surface area contributed by atoms with Gasteiger partial charge >= 0.3 is 0 Å². The summed E-state index contributed by atoms with van der Waals surface area (Å²) in [6, 6.07) is 18.6. The summed E-state index contributed by atoms with van der Waals surface area (Å²) in [5, 5.41) is 10.7. The molecule has 0 saturated heterocycles. The number of sulfonamides is 1. The molecule has 13 heteroatoms. The molecule has 0 amide bonds. The number of halogens is 5. The SMILES string of the molecule is O=S(=O)(CCc1ccc(CN(Cc2ccc(F)cc2)S(=O)(=O)c2cc(Cl)cc(Cl)c2O)cc1)c1cc(Cl)cc(Cl)c1. The van der Waals surface area contributed by atoms with Crippen LogP contribution in [0.5, 0.6) is 5.75 Å². The van der Waals surface area contributed by atoms with Crippen LogP contribution in [0.4, 0.5) is 4.39 Å². The van der Waals surface area contributed by atoms with Gasteiger partial charge in [0.1, 0.15) is 10.7 Å². The van der Waals surface area contributed by atoms with Crippen LogP contribution in [-0.4, -0.2) is 32.0 Å². The lowest BCUT2D eigenvalue weighted by atomic mass is 10.1. The van der Waals surface area contributed by atoms with Gasteiger partial charge in [-0.05, 0) is 65.6 Å². The molecular weight excluding hydrogens is 655 g/mol. The zero-order chi connectivity index (χ0) is 29.9. The Bertz CT molecular complexity index is 1760. The van der Waals surface area contributed by atoms with E-state index < -0.39 is 36.3 Å². The monoisotopic (exact) mass is 675 g/mol. The van der Waals surface area contributed by atoms with Crippen LogP contribution in [0.2, 0.25) is 20.1 Å². The lowest BCUT2D eigenvalue weighted by molar-refractivity contribution is 0.394. The van der Waals surface area contributed by atoms with Gasteiger partial charge in [0.15, 0.2) is 15.6 Å². The highest BCUT2D eigenvalue weighted by Crippen LogP contribution is 2.36. The summed E-state index contributed by atoms with van der Waals surface area (Å²) in [4.78, 5) is -0.447. The van der Waals surface area contributed by atoms with Gasteiger partial charge in [0.2, 0.25) is 10.0 Å². The number of rotatable bonds is 10. The van der Waals surface area contributed by atoms with Crippen molar-refractivity contribution in [1.29, 1.82) is 0 Å². The van der Waals surface area contributed by atoms with Crippen LogP contribution >= 0.6 is 46.4 Å². The molecule has 0 aliphatic rings. The second-order valence-electron chi connectivity index (χ2n) is 9.12. The van der Waals surface area contributed by atoms with Crippen molar-refractivity contribution in [2.75, 3.05) is 5.75 Å². The molecule has 4 aromatic rings. The molecule has 0 spiro atoms. The third kappa shape index (κ3) is 7.93. The number of benzene rings is 4. The number of phenolic OH excluding ortho intramolecular Hbond substituents is 1. The number of aryl methyl sites for hydroxylation is 1. The molecule has 0 fully saturated rings. The van der Waals surface area contributed by atoms with Gasteiger partial charge in [-0.2, -0.15) is 4.31 Å². The lowest BCUT2D eigenvalue weighted by Crippen LogP contribution is -2.30. The Morgan fingerprint density at radius 2 is 1.17 bits per heavy atom. The first-order chi connectivity index (χ1) is 19.2. The Morgan fingerprint density at radius 3 is 1.73 bits per heavy atom. The minimum atomic E-state index is -4.34. The fraction of sp³-hybridized carbons (Fsp3) is 0.143. The molecule has 0 aliphatic carbocycles.